The Morgan fingerprint density at radius 1 is 1.30 bits per heavy atom. The summed E-state index contributed by atoms with van der Waals surface area (Å²) in [5.41, 5.74) is 1.11. The second-order valence-electron chi connectivity index (χ2n) is 3.96. The summed E-state index contributed by atoms with van der Waals surface area (Å²) in [6, 6.07) is 5.70. The van der Waals surface area contributed by atoms with Crippen LogP contribution in [0.4, 0.5) is 0 Å². The third-order valence-electron chi connectivity index (χ3n) is 2.77. The average molecular weight is 295 g/mol. The monoisotopic (exact) mass is 294 g/mol. The number of methoxy groups -OCH3 is 2. The number of ether oxygens (including phenoxy) is 2. The van der Waals surface area contributed by atoms with Crippen molar-refractivity contribution >= 4 is 17.6 Å². The van der Waals surface area contributed by atoms with Crippen molar-refractivity contribution in [2.24, 2.45) is 0 Å². The van der Waals surface area contributed by atoms with Gasteiger partial charge in [0.25, 0.3) is 0 Å². The Morgan fingerprint density at radius 2 is 2.10 bits per heavy atom. The van der Waals surface area contributed by atoms with Crippen LogP contribution in [0.3, 0.4) is 0 Å². The van der Waals surface area contributed by atoms with Crippen molar-refractivity contribution < 1.29 is 18.4 Å². The van der Waals surface area contributed by atoms with Crippen LogP contribution in [0.5, 0.6) is 5.75 Å². The van der Waals surface area contributed by atoms with Crippen LogP contribution < -0.4 is 4.74 Å². The van der Waals surface area contributed by atoms with Gasteiger partial charge < -0.3 is 9.47 Å². The molecular weight excluding hydrogens is 278 g/mol. The molecule has 4 nitrogen and oxygen atoms in total. The lowest BCUT2D eigenvalue weighted by molar-refractivity contribution is 0.0601. The van der Waals surface area contributed by atoms with E-state index in [0.29, 0.717) is 16.9 Å². The number of nitrogens with zero attached hydrogens (tertiary/aromatic N) is 1. The van der Waals surface area contributed by atoms with E-state index in [0.717, 1.165) is 0 Å². The summed E-state index contributed by atoms with van der Waals surface area (Å²) in [5.74, 6) is -0.227. The summed E-state index contributed by atoms with van der Waals surface area (Å²) in [5, 5.41) is 0.191. The number of aromatic nitrogens is 1. The molecule has 0 spiro atoms. The molecule has 5 heteroatoms. The van der Waals surface area contributed by atoms with Crippen LogP contribution >= 0.6 is 11.6 Å². The summed E-state index contributed by atoms with van der Waals surface area (Å²) in [6.45, 7) is -2.31. The highest BCUT2D eigenvalue weighted by Crippen LogP contribution is 2.34. The molecule has 0 saturated carbocycles. The summed E-state index contributed by atoms with van der Waals surface area (Å²) in [7, 11) is 2.69. The zero-order chi connectivity index (χ0) is 17.2. The van der Waals surface area contributed by atoms with Crippen molar-refractivity contribution in [1.82, 2.24) is 4.98 Å². The minimum Gasteiger partial charge on any atom is -0.494 e. The first-order valence-corrected chi connectivity index (χ1v) is 6.08. The van der Waals surface area contributed by atoms with Gasteiger partial charge in [-0.05, 0) is 19.0 Å². The molecule has 0 aliphatic heterocycles. The number of esters is 1. The van der Waals surface area contributed by atoms with Crippen LogP contribution in [0, 0.1) is 6.85 Å². The highest BCUT2D eigenvalue weighted by atomic mass is 35.5. The Morgan fingerprint density at radius 3 is 2.75 bits per heavy atom. The smallest absolute Gasteiger partial charge is 0.338 e. The van der Waals surface area contributed by atoms with Gasteiger partial charge >= 0.3 is 5.97 Å². The van der Waals surface area contributed by atoms with Gasteiger partial charge in [0, 0.05) is 15.2 Å². The molecule has 0 aliphatic rings. The first-order valence-electron chi connectivity index (χ1n) is 7.20. The highest BCUT2D eigenvalue weighted by molar-refractivity contribution is 6.29. The fraction of sp³-hybridized carbons (Fsp3) is 0.200. The molecule has 0 fully saturated rings. The standard InChI is InChI=1S/C15H14ClNO3/c1-9-4-5-10(15(18)20-3)11(6-9)12-7-14(16)17-8-13(12)19-2/h4-8H,1-3H3/i1D3. The lowest BCUT2D eigenvalue weighted by Gasteiger charge is -2.13. The van der Waals surface area contributed by atoms with Crippen LogP contribution in [0.15, 0.2) is 30.5 Å². The Bertz CT molecular complexity index is 747. The molecule has 2 aromatic rings. The summed E-state index contributed by atoms with van der Waals surface area (Å²) in [6.07, 6.45) is 1.40. The Labute approximate surface area is 126 Å². The molecule has 0 radical (unpaired) electrons. The summed E-state index contributed by atoms with van der Waals surface area (Å²) >= 11 is 5.93. The van der Waals surface area contributed by atoms with Crippen LogP contribution in [0.2, 0.25) is 5.15 Å². The molecular formula is C15H14ClNO3. The lowest BCUT2D eigenvalue weighted by Crippen LogP contribution is -2.04. The Balaban J connectivity index is 2.76. The van der Waals surface area contributed by atoms with Crippen molar-refractivity contribution in [3.8, 4) is 16.9 Å². The second-order valence-corrected chi connectivity index (χ2v) is 4.35. The maximum Gasteiger partial charge on any atom is 0.338 e. The predicted octanol–water partition coefficient (Wildman–Crippen LogP) is 3.51. The van der Waals surface area contributed by atoms with E-state index in [-0.39, 0.29) is 16.3 Å². The van der Waals surface area contributed by atoms with Gasteiger partial charge in [-0.25, -0.2) is 9.78 Å². The zero-order valence-corrected chi connectivity index (χ0v) is 11.7. The molecule has 0 unspecified atom stereocenters. The molecule has 1 aromatic heterocycles. The van der Waals surface area contributed by atoms with Crippen LogP contribution in [-0.2, 0) is 4.74 Å². The van der Waals surface area contributed by atoms with Gasteiger partial charge in [0.2, 0.25) is 0 Å². The van der Waals surface area contributed by atoms with E-state index in [1.807, 2.05) is 0 Å². The fourth-order valence-electron chi connectivity index (χ4n) is 1.85. The first-order chi connectivity index (χ1) is 10.8. The molecule has 104 valence electrons. The number of benzene rings is 1. The molecule has 0 amide bonds. The number of carbonyl (C=O) groups is 1. The lowest BCUT2D eigenvalue weighted by atomic mass is 9.97. The maximum atomic E-state index is 12.0. The fourth-order valence-corrected chi connectivity index (χ4v) is 2.00. The van der Waals surface area contributed by atoms with Gasteiger partial charge in [0.1, 0.15) is 10.9 Å². The summed E-state index contributed by atoms with van der Waals surface area (Å²) in [4.78, 5) is 15.9. The van der Waals surface area contributed by atoms with Gasteiger partial charge in [-0.15, -0.1) is 0 Å². The Kier molecular flexibility index (Phi) is 3.17. The minimum absolute atomic E-state index is 0.0927. The second kappa shape index (κ2) is 5.92. The zero-order valence-electron chi connectivity index (χ0n) is 13.9. The van der Waals surface area contributed by atoms with E-state index in [4.69, 9.17) is 25.2 Å². The van der Waals surface area contributed by atoms with E-state index < -0.39 is 12.8 Å². The molecule has 0 atom stereocenters. The third kappa shape index (κ3) is 2.75. The van der Waals surface area contributed by atoms with Crippen molar-refractivity contribution in [3.05, 3.63) is 46.7 Å². The van der Waals surface area contributed by atoms with E-state index in [1.54, 1.807) is 0 Å². The number of aryl methyl sites for hydroxylation is 1. The number of halogens is 1. The molecule has 2 rings (SSSR count). The van der Waals surface area contributed by atoms with E-state index in [1.165, 1.54) is 44.7 Å². The number of hydrogen-bond acceptors (Lipinski definition) is 4. The van der Waals surface area contributed by atoms with Gasteiger partial charge in [-0.1, -0.05) is 29.3 Å². The van der Waals surface area contributed by atoms with Gasteiger partial charge in [-0.3, -0.25) is 0 Å². The highest BCUT2D eigenvalue weighted by Gasteiger charge is 2.17. The minimum atomic E-state index is -2.31. The van der Waals surface area contributed by atoms with E-state index in [2.05, 4.69) is 4.98 Å². The number of rotatable bonds is 3. The molecule has 0 N–H and O–H groups in total. The predicted molar refractivity (Wildman–Crippen MR) is 77.3 cm³/mol. The van der Waals surface area contributed by atoms with Crippen LogP contribution in [-0.4, -0.2) is 25.2 Å². The van der Waals surface area contributed by atoms with Crippen LogP contribution in [0.1, 0.15) is 20.0 Å². The molecule has 0 saturated heterocycles. The van der Waals surface area contributed by atoms with Gasteiger partial charge in [0.15, 0.2) is 0 Å². The number of hydrogen-bond donors (Lipinski definition) is 0. The maximum absolute atomic E-state index is 12.0. The number of pyridine rings is 1. The molecule has 0 bridgehead atoms. The van der Waals surface area contributed by atoms with Crippen molar-refractivity contribution in [2.45, 2.75) is 6.85 Å². The Hall–Kier alpha value is -2.07. The quantitative estimate of drug-likeness (QED) is 0.642. The molecule has 1 aromatic carbocycles. The third-order valence-corrected chi connectivity index (χ3v) is 2.98. The van der Waals surface area contributed by atoms with E-state index in [9.17, 15) is 4.79 Å². The van der Waals surface area contributed by atoms with Gasteiger partial charge in [0.05, 0.1) is 26.0 Å². The molecule has 0 aliphatic carbocycles. The normalized spacial score (nSPS) is 13.1. The van der Waals surface area contributed by atoms with Crippen LogP contribution in [0.25, 0.3) is 11.1 Å². The molecule has 20 heavy (non-hydrogen) atoms. The summed E-state index contributed by atoms with van der Waals surface area (Å²) < 4.78 is 32.6. The SMILES string of the molecule is [2H]C([2H])([2H])c1ccc(C(=O)OC)c(-c2cc(Cl)ncc2OC)c1. The van der Waals surface area contributed by atoms with E-state index >= 15 is 0 Å². The molecule has 1 heterocycles. The van der Waals surface area contributed by atoms with Crippen molar-refractivity contribution in [2.75, 3.05) is 14.2 Å². The van der Waals surface area contributed by atoms with Crippen molar-refractivity contribution in [3.63, 3.8) is 0 Å². The average Bonchev–Trinajstić information content (AvgIpc) is 2.52. The topological polar surface area (TPSA) is 48.4 Å². The number of carbonyl (C=O) groups excluding carboxylic acids is 1. The van der Waals surface area contributed by atoms with Gasteiger partial charge in [-0.2, -0.15) is 0 Å². The largest absolute Gasteiger partial charge is 0.494 e. The van der Waals surface area contributed by atoms with Crippen molar-refractivity contribution in [1.29, 1.82) is 0 Å². The first kappa shape index (κ1) is 10.7.